The smallest absolute Gasteiger partial charge is 0.490 e. The van der Waals surface area contributed by atoms with E-state index in [0.29, 0.717) is 18.9 Å². The fourth-order valence-corrected chi connectivity index (χ4v) is 4.69. The first-order valence-corrected chi connectivity index (χ1v) is 12.1. The highest BCUT2D eigenvalue weighted by molar-refractivity contribution is 5.87. The molecule has 1 aromatic heterocycles. The summed E-state index contributed by atoms with van der Waals surface area (Å²) < 4.78 is 37.8. The third kappa shape index (κ3) is 7.13. The molecule has 2 atom stereocenters. The average molecular weight is 509 g/mol. The Labute approximate surface area is 207 Å². The molecular formula is C25H31F3N4O4. The Balaban J connectivity index is 0.000000454. The van der Waals surface area contributed by atoms with Crippen molar-refractivity contribution in [2.45, 2.75) is 69.6 Å². The molecule has 8 nitrogen and oxygen atoms in total. The molecule has 36 heavy (non-hydrogen) atoms. The molecule has 196 valence electrons. The molecule has 11 heteroatoms. The van der Waals surface area contributed by atoms with E-state index in [1.54, 1.807) is 4.90 Å². The second kappa shape index (κ2) is 12.1. The number of alkyl halides is 3. The molecule has 0 radical (unpaired) electrons. The van der Waals surface area contributed by atoms with Crippen molar-refractivity contribution in [3.63, 3.8) is 0 Å². The quantitative estimate of drug-likeness (QED) is 0.537. The van der Waals surface area contributed by atoms with Crippen molar-refractivity contribution in [2.24, 2.45) is 11.7 Å². The molecular weight excluding hydrogens is 477 g/mol. The van der Waals surface area contributed by atoms with Gasteiger partial charge in [-0.3, -0.25) is 4.79 Å². The van der Waals surface area contributed by atoms with Gasteiger partial charge in [-0.05, 0) is 61.8 Å². The maximum atomic E-state index is 12.7. The summed E-state index contributed by atoms with van der Waals surface area (Å²) >= 11 is 0. The highest BCUT2D eigenvalue weighted by Gasteiger charge is 2.38. The van der Waals surface area contributed by atoms with Gasteiger partial charge in [-0.1, -0.05) is 19.3 Å². The Hall–Kier alpha value is -3.26. The number of nitriles is 1. The Morgan fingerprint density at radius 2 is 1.92 bits per heavy atom. The van der Waals surface area contributed by atoms with Crippen molar-refractivity contribution < 1.29 is 32.6 Å². The summed E-state index contributed by atoms with van der Waals surface area (Å²) in [5.74, 6) is -1.36. The van der Waals surface area contributed by atoms with Crippen LogP contribution in [0.3, 0.4) is 0 Å². The van der Waals surface area contributed by atoms with Crippen LogP contribution >= 0.6 is 0 Å². The molecule has 0 bridgehead atoms. The molecule has 1 saturated carbocycles. The van der Waals surface area contributed by atoms with Gasteiger partial charge in [-0.2, -0.15) is 18.4 Å². The fraction of sp³-hybridized carbons (Fsp3) is 0.560. The molecule has 2 aromatic rings. The van der Waals surface area contributed by atoms with Crippen LogP contribution < -0.4 is 10.5 Å². The van der Waals surface area contributed by atoms with Gasteiger partial charge >= 0.3 is 12.1 Å². The number of carbonyl (C=O) groups is 2. The van der Waals surface area contributed by atoms with Crippen LogP contribution in [0.15, 0.2) is 24.4 Å². The van der Waals surface area contributed by atoms with Crippen LogP contribution in [0.4, 0.5) is 13.2 Å². The molecule has 1 aliphatic heterocycles. The molecule has 1 aromatic carbocycles. The van der Waals surface area contributed by atoms with E-state index in [9.17, 15) is 23.2 Å². The number of hydrogen-bond acceptors (Lipinski definition) is 5. The van der Waals surface area contributed by atoms with Crippen LogP contribution in [-0.2, 0) is 16.0 Å². The van der Waals surface area contributed by atoms with Gasteiger partial charge in [0.1, 0.15) is 11.8 Å². The van der Waals surface area contributed by atoms with Gasteiger partial charge in [0, 0.05) is 23.6 Å². The number of nitrogens with zero attached hydrogens (tertiary/aromatic N) is 2. The maximum Gasteiger partial charge on any atom is 0.490 e. The van der Waals surface area contributed by atoms with Crippen molar-refractivity contribution in [1.29, 1.82) is 5.26 Å². The van der Waals surface area contributed by atoms with Gasteiger partial charge in [0.2, 0.25) is 5.91 Å². The zero-order valence-electron chi connectivity index (χ0n) is 19.9. The Morgan fingerprint density at radius 1 is 1.22 bits per heavy atom. The predicted octanol–water partition coefficient (Wildman–Crippen LogP) is 4.14. The maximum absolute atomic E-state index is 12.7. The van der Waals surface area contributed by atoms with E-state index < -0.39 is 18.2 Å². The first kappa shape index (κ1) is 27.3. The number of aliphatic carboxylic acids is 1. The average Bonchev–Trinajstić information content (AvgIpc) is 3.49. The molecule has 2 aliphatic rings. The number of halogens is 3. The number of hydrogen-bond donors (Lipinski definition) is 3. The molecule has 1 amide bonds. The zero-order chi connectivity index (χ0) is 26.3. The lowest BCUT2D eigenvalue weighted by atomic mass is 9.90. The number of rotatable bonds is 6. The summed E-state index contributed by atoms with van der Waals surface area (Å²) in [6.45, 7) is 1.39. The topological polar surface area (TPSA) is 132 Å². The molecule has 1 saturated heterocycles. The third-order valence-corrected chi connectivity index (χ3v) is 6.63. The van der Waals surface area contributed by atoms with Gasteiger partial charge in [-0.25, -0.2) is 4.79 Å². The summed E-state index contributed by atoms with van der Waals surface area (Å²) in [5.41, 5.74) is 8.27. The van der Waals surface area contributed by atoms with Crippen LogP contribution in [0.2, 0.25) is 0 Å². The number of nitrogens with one attached hydrogen (secondary N) is 1. The zero-order valence-corrected chi connectivity index (χ0v) is 19.9. The number of fused-ring (bicyclic) bond motifs is 1. The largest absolute Gasteiger partial charge is 0.493 e. The minimum absolute atomic E-state index is 0.131. The van der Waals surface area contributed by atoms with Crippen molar-refractivity contribution in [3.8, 4) is 11.8 Å². The SMILES string of the molecule is N#C[C@@H]1CCCN1C(=O)[C@@H](N)Cc1c[nH]c2ccc(OCC3CCCCC3)cc12.O=C(O)C(F)(F)F. The van der Waals surface area contributed by atoms with Crippen molar-refractivity contribution in [2.75, 3.05) is 13.2 Å². The standard InChI is InChI=1S/C23H30N4O2.C2HF3O2/c24-13-18-7-4-10-27(18)23(28)21(25)11-17-14-26-22-9-8-19(12-20(17)22)29-15-16-5-2-1-3-6-16;3-2(4,5)1(6)7/h8-9,12,14,16,18,21,26H,1-7,10-11,15,25H2;(H,6,7)/t18-,21-;/m0./s1. The third-order valence-electron chi connectivity index (χ3n) is 6.63. The summed E-state index contributed by atoms with van der Waals surface area (Å²) in [5, 5.41) is 17.4. The molecule has 2 heterocycles. The molecule has 4 N–H and O–H groups in total. The molecule has 0 spiro atoms. The lowest BCUT2D eigenvalue weighted by Crippen LogP contribution is -2.46. The molecule has 0 unspecified atom stereocenters. The van der Waals surface area contributed by atoms with Gasteiger partial charge in [0.25, 0.3) is 0 Å². The lowest BCUT2D eigenvalue weighted by molar-refractivity contribution is -0.192. The number of carbonyl (C=O) groups excluding carboxylic acids is 1. The van der Waals surface area contributed by atoms with Gasteiger partial charge < -0.3 is 25.5 Å². The number of carboxylic acids is 1. The number of carboxylic acid groups (broad SMARTS) is 1. The van der Waals surface area contributed by atoms with E-state index in [0.717, 1.165) is 41.7 Å². The van der Waals surface area contributed by atoms with Crippen LogP contribution in [0, 0.1) is 17.2 Å². The normalized spacial score (nSPS) is 19.3. The Kier molecular flexibility index (Phi) is 9.20. The van der Waals surface area contributed by atoms with Gasteiger partial charge in [0.15, 0.2) is 0 Å². The Bertz CT molecular complexity index is 1090. The van der Waals surface area contributed by atoms with Gasteiger partial charge in [0.05, 0.1) is 18.7 Å². The van der Waals surface area contributed by atoms with Crippen LogP contribution in [-0.4, -0.2) is 58.3 Å². The second-order valence-electron chi connectivity index (χ2n) is 9.27. The minimum atomic E-state index is -5.08. The number of aromatic amines is 1. The summed E-state index contributed by atoms with van der Waals surface area (Å²) in [6, 6.07) is 7.30. The van der Waals surface area contributed by atoms with Crippen molar-refractivity contribution in [1.82, 2.24) is 9.88 Å². The van der Waals surface area contributed by atoms with Crippen molar-refractivity contribution >= 4 is 22.8 Å². The summed E-state index contributed by atoms with van der Waals surface area (Å²) in [6.07, 6.45) is 5.38. The minimum Gasteiger partial charge on any atom is -0.493 e. The number of nitrogens with two attached hydrogens (primary N) is 1. The number of aromatic nitrogens is 1. The number of ether oxygens (including phenoxy) is 1. The van der Waals surface area contributed by atoms with E-state index in [2.05, 4.69) is 17.1 Å². The fourth-order valence-electron chi connectivity index (χ4n) is 4.69. The summed E-state index contributed by atoms with van der Waals surface area (Å²) in [7, 11) is 0. The van der Waals surface area contributed by atoms with E-state index in [4.69, 9.17) is 20.4 Å². The van der Waals surface area contributed by atoms with E-state index in [1.807, 2.05) is 18.3 Å². The number of likely N-dealkylation sites (tertiary alicyclic amines) is 1. The van der Waals surface area contributed by atoms with Crippen LogP contribution in [0.5, 0.6) is 5.75 Å². The first-order chi connectivity index (χ1) is 17.1. The van der Waals surface area contributed by atoms with Crippen molar-refractivity contribution in [3.05, 3.63) is 30.0 Å². The van der Waals surface area contributed by atoms with Gasteiger partial charge in [-0.15, -0.1) is 0 Å². The van der Waals surface area contributed by atoms with Crippen LogP contribution in [0.1, 0.15) is 50.5 Å². The first-order valence-electron chi connectivity index (χ1n) is 12.1. The molecule has 1 aliphatic carbocycles. The molecule has 4 rings (SSSR count). The predicted molar refractivity (Wildman–Crippen MR) is 126 cm³/mol. The van der Waals surface area contributed by atoms with Crippen LogP contribution in [0.25, 0.3) is 10.9 Å². The highest BCUT2D eigenvalue weighted by Crippen LogP contribution is 2.28. The lowest BCUT2D eigenvalue weighted by Gasteiger charge is -2.23. The molecule has 2 fully saturated rings. The summed E-state index contributed by atoms with van der Waals surface area (Å²) in [4.78, 5) is 26.5. The number of amides is 1. The monoisotopic (exact) mass is 508 g/mol. The van der Waals surface area contributed by atoms with E-state index in [1.165, 1.54) is 32.1 Å². The van der Waals surface area contributed by atoms with E-state index >= 15 is 0 Å². The number of benzene rings is 1. The second-order valence-corrected chi connectivity index (χ2v) is 9.27. The van der Waals surface area contributed by atoms with E-state index in [-0.39, 0.29) is 11.9 Å². The highest BCUT2D eigenvalue weighted by atomic mass is 19.4. The Morgan fingerprint density at radius 3 is 2.56 bits per heavy atom. The number of H-pyrrole nitrogens is 1.